The zero-order valence-electron chi connectivity index (χ0n) is 21.3. The molecule has 0 radical (unpaired) electrons. The lowest BCUT2D eigenvalue weighted by Crippen LogP contribution is -2.12. The van der Waals surface area contributed by atoms with E-state index in [9.17, 15) is 4.79 Å². The third-order valence-corrected chi connectivity index (χ3v) is 4.86. The van der Waals surface area contributed by atoms with Crippen LogP contribution in [0.5, 0.6) is 11.5 Å². The Hall–Kier alpha value is -4.50. The molecule has 0 aliphatic carbocycles. The van der Waals surface area contributed by atoms with Crippen LogP contribution in [0.3, 0.4) is 0 Å². The highest BCUT2D eigenvalue weighted by atomic mass is 16.5. The molecule has 192 valence electrons. The van der Waals surface area contributed by atoms with Crippen LogP contribution in [0.2, 0.25) is 0 Å². The van der Waals surface area contributed by atoms with Crippen molar-refractivity contribution in [1.29, 1.82) is 0 Å². The van der Waals surface area contributed by atoms with Gasteiger partial charge >= 0.3 is 0 Å². The van der Waals surface area contributed by atoms with Gasteiger partial charge in [0.15, 0.2) is 0 Å². The van der Waals surface area contributed by atoms with Crippen LogP contribution in [0.15, 0.2) is 72.9 Å². The van der Waals surface area contributed by atoms with Crippen LogP contribution in [0.1, 0.15) is 43.2 Å². The Kier molecular flexibility index (Phi) is 9.51. The zero-order valence-corrected chi connectivity index (χ0v) is 21.3. The van der Waals surface area contributed by atoms with Crippen molar-refractivity contribution in [2.24, 2.45) is 11.5 Å². The molecule has 37 heavy (non-hydrogen) atoms. The summed E-state index contributed by atoms with van der Waals surface area (Å²) in [6.45, 7) is 6.05. The van der Waals surface area contributed by atoms with Gasteiger partial charge in [-0.3, -0.25) is 9.78 Å². The van der Waals surface area contributed by atoms with Crippen LogP contribution < -0.4 is 27.3 Å². The number of aromatic nitrogens is 3. The summed E-state index contributed by atoms with van der Waals surface area (Å²) in [5, 5.41) is 3.24. The minimum absolute atomic E-state index is 0.133. The van der Waals surface area contributed by atoms with Crippen molar-refractivity contribution in [3.63, 3.8) is 0 Å². The number of benzene rings is 2. The maximum atomic E-state index is 11.3. The number of amides is 1. The van der Waals surface area contributed by atoms with Crippen LogP contribution in [0.4, 0.5) is 17.5 Å². The van der Waals surface area contributed by atoms with E-state index in [2.05, 4.69) is 39.3 Å². The molecule has 0 atom stereocenters. The third kappa shape index (κ3) is 8.59. The van der Waals surface area contributed by atoms with E-state index in [0.29, 0.717) is 23.4 Å². The highest BCUT2D eigenvalue weighted by Gasteiger charge is 2.08. The molecule has 7 N–H and O–H groups in total. The van der Waals surface area contributed by atoms with Gasteiger partial charge in [0, 0.05) is 35.6 Å². The lowest BCUT2D eigenvalue weighted by atomic mass is 10.1. The van der Waals surface area contributed by atoms with Crippen LogP contribution in [0, 0.1) is 0 Å². The average Bonchev–Trinajstić information content (AvgIpc) is 2.84. The second-order valence-electron chi connectivity index (χ2n) is 8.68. The van der Waals surface area contributed by atoms with Gasteiger partial charge in [0.1, 0.15) is 23.0 Å². The summed E-state index contributed by atoms with van der Waals surface area (Å²) in [6.07, 6.45) is 3.61. The fraction of sp³-hybridized carbons (Fsp3) is 0.214. The minimum atomic E-state index is -0.618. The average molecular weight is 500 g/mol. The lowest BCUT2D eigenvalue weighted by Gasteiger charge is -2.11. The maximum Gasteiger partial charge on any atom is 0.267 e. The largest absolute Gasteiger partial charge is 0.457 e. The van der Waals surface area contributed by atoms with Crippen molar-refractivity contribution in [3.05, 3.63) is 84.2 Å². The van der Waals surface area contributed by atoms with E-state index in [-0.39, 0.29) is 11.6 Å². The van der Waals surface area contributed by atoms with E-state index in [1.807, 2.05) is 50.2 Å². The van der Waals surface area contributed by atoms with Crippen LogP contribution in [-0.2, 0) is 6.42 Å². The fourth-order valence-electron chi connectivity index (χ4n) is 3.34. The number of pyridine rings is 1. The summed E-state index contributed by atoms with van der Waals surface area (Å²) in [5.74, 6) is 1.14. The summed E-state index contributed by atoms with van der Waals surface area (Å²) < 4.78 is 5.85. The molecule has 0 saturated heterocycles. The smallest absolute Gasteiger partial charge is 0.267 e. The molecular formula is C28H33N7O2. The topological polar surface area (TPSA) is 155 Å². The van der Waals surface area contributed by atoms with Crippen molar-refractivity contribution in [1.82, 2.24) is 15.0 Å². The predicted molar refractivity (Wildman–Crippen MR) is 148 cm³/mol. The van der Waals surface area contributed by atoms with Gasteiger partial charge in [0.25, 0.3) is 5.91 Å². The standard InChI is InChI=1S/C25H24N6O2.C3H9N/c1-2-4-16-7-9-17(10-8-16)21-15-23(31-25(27)30-21)29-18-5-3-6-19(13-18)33-20-11-12-28-22(14-20)24(26)32;1-3(2)4/h3,5-15H,2,4H2,1H3,(H2,26,32)(H3,27,29,30,31);3H,4H2,1-2H3. The number of hydrogen-bond acceptors (Lipinski definition) is 8. The number of nitrogens with two attached hydrogens (primary N) is 3. The molecule has 0 fully saturated rings. The number of nitrogens with zero attached hydrogens (tertiary/aromatic N) is 3. The lowest BCUT2D eigenvalue weighted by molar-refractivity contribution is 0.0995. The molecule has 0 unspecified atom stereocenters. The van der Waals surface area contributed by atoms with E-state index >= 15 is 0 Å². The number of nitrogens with one attached hydrogen (secondary N) is 1. The SMILES string of the molecule is CC(C)N.CCCc1ccc(-c2cc(Nc3cccc(Oc4ccnc(C(N)=O)c4)c3)nc(N)n2)cc1. The molecule has 0 bridgehead atoms. The van der Waals surface area contributed by atoms with Crippen molar-refractivity contribution in [2.45, 2.75) is 39.7 Å². The monoisotopic (exact) mass is 499 g/mol. The van der Waals surface area contributed by atoms with Crippen LogP contribution in [-0.4, -0.2) is 26.9 Å². The van der Waals surface area contributed by atoms with Crippen LogP contribution in [0.25, 0.3) is 11.3 Å². The van der Waals surface area contributed by atoms with E-state index in [0.717, 1.165) is 29.8 Å². The summed E-state index contributed by atoms with van der Waals surface area (Å²) in [6, 6.07) is 20.9. The minimum Gasteiger partial charge on any atom is -0.457 e. The van der Waals surface area contributed by atoms with Crippen molar-refractivity contribution >= 4 is 23.4 Å². The number of rotatable bonds is 8. The maximum absolute atomic E-state index is 11.3. The summed E-state index contributed by atoms with van der Waals surface area (Å²) in [4.78, 5) is 23.9. The molecule has 2 aromatic carbocycles. The quantitative estimate of drug-likeness (QED) is 0.262. The van der Waals surface area contributed by atoms with Gasteiger partial charge in [-0.15, -0.1) is 0 Å². The number of ether oxygens (including phenoxy) is 1. The zero-order chi connectivity index (χ0) is 26.8. The van der Waals surface area contributed by atoms with Crippen molar-refractivity contribution in [2.75, 3.05) is 11.1 Å². The Labute approximate surface area is 217 Å². The second-order valence-corrected chi connectivity index (χ2v) is 8.68. The molecule has 0 aliphatic rings. The molecular weight excluding hydrogens is 466 g/mol. The first kappa shape index (κ1) is 27.1. The highest BCUT2D eigenvalue weighted by Crippen LogP contribution is 2.27. The first-order valence-corrected chi connectivity index (χ1v) is 12.0. The Balaban J connectivity index is 0.000000886. The van der Waals surface area contributed by atoms with Gasteiger partial charge in [-0.05, 0) is 36.2 Å². The second kappa shape index (κ2) is 13.0. The van der Waals surface area contributed by atoms with Gasteiger partial charge in [0.05, 0.1) is 5.69 Å². The van der Waals surface area contributed by atoms with E-state index in [1.54, 1.807) is 12.1 Å². The first-order chi connectivity index (χ1) is 17.7. The molecule has 2 aromatic heterocycles. The third-order valence-electron chi connectivity index (χ3n) is 4.86. The Morgan fingerprint density at radius 2 is 1.70 bits per heavy atom. The molecule has 0 aliphatic heterocycles. The highest BCUT2D eigenvalue weighted by molar-refractivity contribution is 5.91. The van der Waals surface area contributed by atoms with Gasteiger partial charge < -0.3 is 27.3 Å². The normalized spacial score (nSPS) is 10.4. The molecule has 0 saturated carbocycles. The number of carbonyl (C=O) groups is 1. The number of primary amides is 1. The molecule has 4 rings (SSSR count). The molecule has 1 amide bonds. The molecule has 0 spiro atoms. The van der Waals surface area contributed by atoms with Gasteiger partial charge in [-0.2, -0.15) is 4.98 Å². The number of hydrogen-bond donors (Lipinski definition) is 4. The number of anilines is 3. The Morgan fingerprint density at radius 3 is 2.38 bits per heavy atom. The Bertz CT molecular complexity index is 1320. The molecule has 9 heteroatoms. The fourth-order valence-corrected chi connectivity index (χ4v) is 3.34. The van der Waals surface area contributed by atoms with Crippen molar-refractivity contribution < 1.29 is 9.53 Å². The Morgan fingerprint density at radius 1 is 1.00 bits per heavy atom. The molecule has 9 nitrogen and oxygen atoms in total. The summed E-state index contributed by atoms with van der Waals surface area (Å²) in [5.41, 5.74) is 20.2. The van der Waals surface area contributed by atoms with Gasteiger partial charge in [-0.1, -0.05) is 57.5 Å². The van der Waals surface area contributed by atoms with Gasteiger partial charge in [0.2, 0.25) is 5.95 Å². The molecule has 2 heterocycles. The first-order valence-electron chi connectivity index (χ1n) is 12.0. The van der Waals surface area contributed by atoms with E-state index in [1.165, 1.54) is 17.8 Å². The predicted octanol–water partition coefficient (Wildman–Crippen LogP) is 5.06. The summed E-state index contributed by atoms with van der Waals surface area (Å²) >= 11 is 0. The van der Waals surface area contributed by atoms with Crippen LogP contribution >= 0.6 is 0 Å². The van der Waals surface area contributed by atoms with Crippen molar-refractivity contribution in [3.8, 4) is 22.8 Å². The van der Waals surface area contributed by atoms with E-state index in [4.69, 9.17) is 21.9 Å². The number of carbonyl (C=O) groups excluding carboxylic acids is 1. The number of aryl methyl sites for hydroxylation is 1. The van der Waals surface area contributed by atoms with E-state index < -0.39 is 5.91 Å². The number of nitrogen functional groups attached to an aromatic ring is 1. The summed E-state index contributed by atoms with van der Waals surface area (Å²) in [7, 11) is 0. The molecule has 4 aromatic rings. The van der Waals surface area contributed by atoms with Gasteiger partial charge in [-0.25, -0.2) is 4.98 Å².